The zero-order valence-corrected chi connectivity index (χ0v) is 43.9. The lowest BCUT2D eigenvalue weighted by atomic mass is 9.65. The molecule has 19 rings (SSSR count). The lowest BCUT2D eigenvalue weighted by Crippen LogP contribution is -2.33. The maximum Gasteiger partial charge on any atom is 0.135 e. The van der Waals surface area contributed by atoms with Crippen LogP contribution in [0.15, 0.2) is 283 Å². The number of para-hydroxylation sites is 4. The summed E-state index contributed by atoms with van der Waals surface area (Å²) in [6, 6.07) is 105. The first kappa shape index (κ1) is 43.5. The highest BCUT2D eigenvalue weighted by Gasteiger charge is 2.53. The highest BCUT2D eigenvalue weighted by atomic mass is 16.3. The molecule has 13 aromatic carbocycles. The van der Waals surface area contributed by atoms with Crippen molar-refractivity contribution in [3.63, 3.8) is 0 Å². The molecule has 0 amide bonds. The molecule has 3 heteroatoms. The van der Waals surface area contributed by atoms with Crippen LogP contribution in [-0.4, -0.2) is 4.57 Å². The van der Waals surface area contributed by atoms with Gasteiger partial charge in [-0.05, 0) is 167 Å². The fraction of sp³-hybridized carbons (Fsp3) is 0.0256. The fourth-order valence-corrected chi connectivity index (χ4v) is 15.9. The molecular formula is C78H46N2O. The summed E-state index contributed by atoms with van der Waals surface area (Å²) in [5.74, 6) is 0. The average Bonchev–Trinajstić information content (AvgIpc) is 1.83. The van der Waals surface area contributed by atoms with Crippen LogP contribution in [0.25, 0.3) is 105 Å². The van der Waals surface area contributed by atoms with Crippen LogP contribution in [0.5, 0.6) is 0 Å². The van der Waals surface area contributed by atoms with Crippen molar-refractivity contribution in [1.82, 2.24) is 4.57 Å². The van der Waals surface area contributed by atoms with Gasteiger partial charge in [-0.15, -0.1) is 0 Å². The molecule has 0 radical (unpaired) electrons. The third-order valence-electron chi connectivity index (χ3n) is 19.0. The molecule has 2 spiro atoms. The molecule has 2 aromatic heterocycles. The Morgan fingerprint density at radius 3 is 1.58 bits per heavy atom. The summed E-state index contributed by atoms with van der Waals surface area (Å²) in [4.78, 5) is 2.53. The molecule has 1 atom stereocenters. The normalized spacial score (nSPS) is 15.3. The molecule has 0 saturated carbocycles. The largest absolute Gasteiger partial charge is 0.456 e. The van der Waals surface area contributed by atoms with E-state index in [1.807, 2.05) is 6.07 Å². The second kappa shape index (κ2) is 15.6. The predicted molar refractivity (Wildman–Crippen MR) is 333 cm³/mol. The van der Waals surface area contributed by atoms with Gasteiger partial charge in [0.2, 0.25) is 0 Å². The standard InChI is InChI=1S/C78H46N2O/c1-2-17-53-48(16-1)34-42-67-75(53)61-41-39-52(46-70(61)77(67)63-24-8-3-18-54(63)55-19-4-9-25-64(55)77)79(50-36-32-47(33-37-50)49-35-43-74-62(44-49)59-22-7-14-31-73(59)81-74)51-38-40-57-56-20-5-10-26-65(56)78(69(57)45-51)66-27-11-13-30-72(66)80-71-29-12-6-21-58(71)60-23-15-28-68(78)76(60)80/h1-46H. The minimum atomic E-state index is -0.615. The quantitative estimate of drug-likeness (QED) is 0.175. The molecule has 15 aromatic rings. The topological polar surface area (TPSA) is 21.3 Å². The van der Waals surface area contributed by atoms with Gasteiger partial charge in [0.05, 0.1) is 27.6 Å². The van der Waals surface area contributed by atoms with Crippen LogP contribution < -0.4 is 4.90 Å². The minimum absolute atomic E-state index is 0.546. The molecule has 0 saturated heterocycles. The molecule has 1 aliphatic heterocycles. The van der Waals surface area contributed by atoms with Crippen molar-refractivity contribution < 1.29 is 4.42 Å². The molecule has 4 aliphatic rings. The Morgan fingerprint density at radius 1 is 0.296 bits per heavy atom. The van der Waals surface area contributed by atoms with E-state index < -0.39 is 10.8 Å². The van der Waals surface area contributed by atoms with E-state index in [2.05, 4.69) is 282 Å². The molecule has 3 aliphatic carbocycles. The van der Waals surface area contributed by atoms with Gasteiger partial charge in [-0.2, -0.15) is 0 Å². The Bertz CT molecular complexity index is 5220. The van der Waals surface area contributed by atoms with Gasteiger partial charge in [0, 0.05) is 38.6 Å². The first-order valence-corrected chi connectivity index (χ1v) is 28.2. The maximum atomic E-state index is 6.29. The van der Waals surface area contributed by atoms with Gasteiger partial charge < -0.3 is 13.9 Å². The molecule has 0 fully saturated rings. The predicted octanol–water partition coefficient (Wildman–Crippen LogP) is 20.0. The summed E-state index contributed by atoms with van der Waals surface area (Å²) in [7, 11) is 0. The van der Waals surface area contributed by atoms with Crippen molar-refractivity contribution in [2.75, 3.05) is 4.90 Å². The van der Waals surface area contributed by atoms with Crippen molar-refractivity contribution in [3.05, 3.63) is 324 Å². The summed E-state index contributed by atoms with van der Waals surface area (Å²) in [5, 5.41) is 7.32. The first-order chi connectivity index (χ1) is 40.2. The van der Waals surface area contributed by atoms with Crippen LogP contribution in [0, 0.1) is 0 Å². The molecule has 0 bridgehead atoms. The van der Waals surface area contributed by atoms with Crippen LogP contribution in [0.2, 0.25) is 0 Å². The van der Waals surface area contributed by atoms with Crippen molar-refractivity contribution in [1.29, 1.82) is 0 Å². The zero-order valence-electron chi connectivity index (χ0n) is 43.9. The molecular weight excluding hydrogens is 981 g/mol. The summed E-state index contributed by atoms with van der Waals surface area (Å²) >= 11 is 0. The Balaban J connectivity index is 0.880. The number of benzene rings is 13. The monoisotopic (exact) mass is 1030 g/mol. The van der Waals surface area contributed by atoms with Gasteiger partial charge in [-0.25, -0.2) is 0 Å². The second-order valence-corrected chi connectivity index (χ2v) is 22.6. The Hall–Kier alpha value is -10.5. The Labute approximate surface area is 467 Å². The van der Waals surface area contributed by atoms with Crippen LogP contribution in [0.1, 0.15) is 44.5 Å². The van der Waals surface area contributed by atoms with Gasteiger partial charge in [0.15, 0.2) is 0 Å². The van der Waals surface area contributed by atoms with E-state index in [4.69, 9.17) is 4.42 Å². The van der Waals surface area contributed by atoms with Crippen LogP contribution in [-0.2, 0) is 10.8 Å². The molecule has 3 nitrogen and oxygen atoms in total. The number of nitrogens with zero attached hydrogens (tertiary/aromatic N) is 2. The zero-order chi connectivity index (χ0) is 52.7. The Morgan fingerprint density at radius 2 is 0.827 bits per heavy atom. The number of furan rings is 1. The summed E-state index contributed by atoms with van der Waals surface area (Å²) in [6.45, 7) is 0. The van der Waals surface area contributed by atoms with Gasteiger partial charge in [-0.1, -0.05) is 212 Å². The molecule has 3 heterocycles. The number of aromatic nitrogens is 1. The smallest absolute Gasteiger partial charge is 0.135 e. The number of hydrogen-bond donors (Lipinski definition) is 0. The van der Waals surface area contributed by atoms with E-state index in [0.717, 1.165) is 50.1 Å². The SMILES string of the molecule is c1ccc2c(c1)-c1ccccc1C21c2cc(N(c3ccc(-c4ccc5oc6ccccc6c5c4)cc3)c3ccc4c(c3)C3(c5ccccc5-4)c4ccccc4-n4c5ccccc5c5cccc3c54)ccc2-c2c1ccc1ccccc21. The molecule has 81 heavy (non-hydrogen) atoms. The van der Waals surface area contributed by atoms with Crippen molar-refractivity contribution >= 4 is 71.6 Å². The van der Waals surface area contributed by atoms with Crippen LogP contribution in [0.3, 0.4) is 0 Å². The number of rotatable bonds is 4. The number of fused-ring (bicyclic) bond motifs is 27. The number of hydrogen-bond acceptors (Lipinski definition) is 2. The van der Waals surface area contributed by atoms with Gasteiger partial charge in [-0.3, -0.25) is 0 Å². The van der Waals surface area contributed by atoms with E-state index in [0.29, 0.717) is 0 Å². The Kier molecular flexibility index (Phi) is 8.39. The third kappa shape index (κ3) is 5.39. The van der Waals surface area contributed by atoms with E-state index in [1.165, 1.54) is 116 Å². The van der Waals surface area contributed by atoms with Gasteiger partial charge in [0.25, 0.3) is 0 Å². The van der Waals surface area contributed by atoms with Gasteiger partial charge in [0.1, 0.15) is 11.2 Å². The minimum Gasteiger partial charge on any atom is -0.456 e. The molecule has 0 N–H and O–H groups in total. The summed E-state index contributed by atoms with van der Waals surface area (Å²) in [5.41, 5.74) is 28.1. The van der Waals surface area contributed by atoms with E-state index >= 15 is 0 Å². The molecule has 374 valence electrons. The summed E-state index contributed by atoms with van der Waals surface area (Å²) < 4.78 is 8.83. The average molecular weight is 1030 g/mol. The number of anilines is 3. The fourth-order valence-electron chi connectivity index (χ4n) is 15.9. The highest BCUT2D eigenvalue weighted by molar-refractivity contribution is 6.13. The van der Waals surface area contributed by atoms with Crippen LogP contribution in [0.4, 0.5) is 17.1 Å². The summed E-state index contributed by atoms with van der Waals surface area (Å²) in [6.07, 6.45) is 0. The van der Waals surface area contributed by atoms with E-state index in [-0.39, 0.29) is 0 Å². The molecule has 1 unspecified atom stereocenters. The highest BCUT2D eigenvalue weighted by Crippen LogP contribution is 2.66. The third-order valence-corrected chi connectivity index (χ3v) is 19.0. The lowest BCUT2D eigenvalue weighted by molar-refractivity contribution is 0.669. The van der Waals surface area contributed by atoms with Crippen molar-refractivity contribution in [3.8, 4) is 50.2 Å². The van der Waals surface area contributed by atoms with Gasteiger partial charge >= 0.3 is 0 Å². The van der Waals surface area contributed by atoms with E-state index in [9.17, 15) is 0 Å². The van der Waals surface area contributed by atoms with Crippen molar-refractivity contribution in [2.45, 2.75) is 10.8 Å². The van der Waals surface area contributed by atoms with Crippen LogP contribution >= 0.6 is 0 Å². The maximum absolute atomic E-state index is 6.29. The first-order valence-electron chi connectivity index (χ1n) is 28.2. The lowest BCUT2D eigenvalue weighted by Gasteiger charge is -2.40. The second-order valence-electron chi connectivity index (χ2n) is 22.6. The van der Waals surface area contributed by atoms with E-state index in [1.54, 1.807) is 0 Å². The van der Waals surface area contributed by atoms with Crippen molar-refractivity contribution in [2.24, 2.45) is 0 Å².